The maximum absolute atomic E-state index is 11.9. The van der Waals surface area contributed by atoms with E-state index in [0.717, 1.165) is 5.56 Å². The van der Waals surface area contributed by atoms with Crippen molar-refractivity contribution in [1.29, 1.82) is 0 Å². The summed E-state index contributed by atoms with van der Waals surface area (Å²) in [4.78, 5) is 16.1. The molecule has 0 saturated heterocycles. The van der Waals surface area contributed by atoms with Crippen molar-refractivity contribution < 1.29 is 14.3 Å². The molecule has 2 aromatic rings. The number of anilines is 1. The third-order valence-electron chi connectivity index (χ3n) is 2.71. The van der Waals surface area contributed by atoms with Crippen LogP contribution in [-0.2, 0) is 11.3 Å². The van der Waals surface area contributed by atoms with Gasteiger partial charge in [0.15, 0.2) is 5.75 Å². The fourth-order valence-corrected chi connectivity index (χ4v) is 2.11. The Morgan fingerprint density at radius 2 is 1.96 bits per heavy atom. The minimum absolute atomic E-state index is 0.382. The Morgan fingerprint density at radius 1 is 1.26 bits per heavy atom. The summed E-state index contributed by atoms with van der Waals surface area (Å²) in [5.41, 5.74) is 0.954. The van der Waals surface area contributed by atoms with Crippen molar-refractivity contribution in [2.24, 2.45) is 0 Å². The average Bonchev–Trinajstić information content (AvgIpc) is 2.45. The molecule has 0 bridgehead atoms. The van der Waals surface area contributed by atoms with E-state index in [0.29, 0.717) is 22.6 Å². The first-order chi connectivity index (χ1) is 10.8. The predicted octanol–water partition coefficient (Wildman–Crippen LogP) is 4.77. The van der Waals surface area contributed by atoms with Gasteiger partial charge in [-0.15, -0.1) is 0 Å². The van der Waals surface area contributed by atoms with Gasteiger partial charge in [-0.05, 0) is 48.3 Å². The lowest BCUT2D eigenvalue weighted by Gasteiger charge is -2.20. The number of hydrogen-bond acceptors (Lipinski definition) is 4. The van der Waals surface area contributed by atoms with E-state index in [1.54, 1.807) is 12.3 Å². The number of ether oxygens (including phenoxy) is 2. The Balaban J connectivity index is 2.09. The van der Waals surface area contributed by atoms with Gasteiger partial charge in [-0.25, -0.2) is 9.78 Å². The van der Waals surface area contributed by atoms with Gasteiger partial charge < -0.3 is 9.47 Å². The van der Waals surface area contributed by atoms with E-state index in [1.807, 2.05) is 51.1 Å². The van der Waals surface area contributed by atoms with Crippen molar-refractivity contribution >= 4 is 27.7 Å². The fourth-order valence-electron chi connectivity index (χ4n) is 1.78. The van der Waals surface area contributed by atoms with Crippen LogP contribution in [0.3, 0.4) is 0 Å². The first-order valence-electron chi connectivity index (χ1n) is 7.16. The second kappa shape index (κ2) is 7.46. The number of carbonyl (C=O) groups excluding carboxylic acids is 1. The number of nitrogens with zero attached hydrogens (tertiary/aromatic N) is 1. The van der Waals surface area contributed by atoms with Crippen LogP contribution >= 0.6 is 15.9 Å². The number of amides is 1. The summed E-state index contributed by atoms with van der Waals surface area (Å²) >= 11 is 3.28. The van der Waals surface area contributed by atoms with Crippen molar-refractivity contribution in [3.05, 3.63) is 52.8 Å². The zero-order valence-electron chi connectivity index (χ0n) is 13.3. The van der Waals surface area contributed by atoms with Gasteiger partial charge in [-0.1, -0.05) is 30.3 Å². The monoisotopic (exact) mass is 378 g/mol. The summed E-state index contributed by atoms with van der Waals surface area (Å²) < 4.78 is 11.6. The molecule has 1 amide bonds. The molecule has 2 rings (SSSR count). The average molecular weight is 379 g/mol. The van der Waals surface area contributed by atoms with Gasteiger partial charge in [0.1, 0.15) is 16.8 Å². The van der Waals surface area contributed by atoms with Crippen LogP contribution in [0.4, 0.5) is 10.5 Å². The predicted molar refractivity (Wildman–Crippen MR) is 92.6 cm³/mol. The highest BCUT2D eigenvalue weighted by Gasteiger charge is 2.18. The van der Waals surface area contributed by atoms with E-state index in [-0.39, 0.29) is 0 Å². The van der Waals surface area contributed by atoms with Gasteiger partial charge in [0.05, 0.1) is 11.9 Å². The highest BCUT2D eigenvalue weighted by Crippen LogP contribution is 2.27. The van der Waals surface area contributed by atoms with E-state index in [9.17, 15) is 4.79 Å². The molecular weight excluding hydrogens is 360 g/mol. The number of carbonyl (C=O) groups is 1. The van der Waals surface area contributed by atoms with Crippen LogP contribution in [-0.4, -0.2) is 16.7 Å². The maximum atomic E-state index is 11.9. The van der Waals surface area contributed by atoms with E-state index in [1.165, 1.54) is 0 Å². The molecule has 5 nitrogen and oxygen atoms in total. The number of halogens is 1. The van der Waals surface area contributed by atoms with E-state index >= 15 is 0 Å². The van der Waals surface area contributed by atoms with Gasteiger partial charge >= 0.3 is 6.09 Å². The fraction of sp³-hybridized carbons (Fsp3) is 0.294. The summed E-state index contributed by atoms with van der Waals surface area (Å²) in [5, 5.41) is 2.69. The minimum Gasteiger partial charge on any atom is -0.485 e. The lowest BCUT2D eigenvalue weighted by atomic mass is 10.2. The molecule has 23 heavy (non-hydrogen) atoms. The summed E-state index contributed by atoms with van der Waals surface area (Å²) in [5.74, 6) is 0.475. The minimum atomic E-state index is -0.570. The number of aromatic nitrogens is 1. The highest BCUT2D eigenvalue weighted by atomic mass is 79.9. The third-order valence-corrected chi connectivity index (χ3v) is 3.14. The van der Waals surface area contributed by atoms with Crippen molar-refractivity contribution in [3.63, 3.8) is 0 Å². The second-order valence-electron chi connectivity index (χ2n) is 5.90. The van der Waals surface area contributed by atoms with E-state index < -0.39 is 11.7 Å². The first-order valence-corrected chi connectivity index (χ1v) is 7.95. The molecule has 0 radical (unpaired) electrons. The molecule has 0 unspecified atom stereocenters. The van der Waals surface area contributed by atoms with Crippen LogP contribution in [0.1, 0.15) is 26.3 Å². The zero-order valence-corrected chi connectivity index (χ0v) is 14.9. The summed E-state index contributed by atoms with van der Waals surface area (Å²) in [7, 11) is 0. The SMILES string of the molecule is CC(C)(C)OC(=O)Nc1cc(Br)ncc1OCc1ccccc1. The lowest BCUT2D eigenvalue weighted by Crippen LogP contribution is -2.27. The molecule has 6 heteroatoms. The molecule has 1 aromatic heterocycles. The molecule has 0 aliphatic rings. The molecule has 0 aliphatic carbocycles. The van der Waals surface area contributed by atoms with Crippen LogP contribution < -0.4 is 10.1 Å². The number of pyridine rings is 1. The first kappa shape index (κ1) is 17.3. The van der Waals surface area contributed by atoms with Gasteiger partial charge in [0.25, 0.3) is 0 Å². The molecular formula is C17H19BrN2O3. The molecule has 0 spiro atoms. The standard InChI is InChI=1S/C17H19BrN2O3/c1-17(2,3)23-16(21)20-13-9-15(18)19-10-14(13)22-11-12-7-5-4-6-8-12/h4-10H,11H2,1-3H3,(H,19,20,21). The molecule has 1 heterocycles. The number of benzene rings is 1. The van der Waals surface area contributed by atoms with Crippen LogP contribution in [0, 0.1) is 0 Å². The van der Waals surface area contributed by atoms with Crippen molar-refractivity contribution in [3.8, 4) is 5.75 Å². The normalized spacial score (nSPS) is 11.0. The molecule has 122 valence electrons. The van der Waals surface area contributed by atoms with Crippen molar-refractivity contribution in [2.75, 3.05) is 5.32 Å². The molecule has 1 N–H and O–H groups in total. The summed E-state index contributed by atoms with van der Waals surface area (Å²) in [6, 6.07) is 11.4. The maximum Gasteiger partial charge on any atom is 0.412 e. The third kappa shape index (κ3) is 5.90. The summed E-state index contributed by atoms with van der Waals surface area (Å²) in [6.07, 6.45) is 1.01. The van der Waals surface area contributed by atoms with Crippen LogP contribution in [0.15, 0.2) is 47.2 Å². The molecule has 0 aliphatic heterocycles. The molecule has 0 fully saturated rings. The number of nitrogens with one attached hydrogen (secondary N) is 1. The van der Waals surface area contributed by atoms with Crippen molar-refractivity contribution in [1.82, 2.24) is 4.98 Å². The van der Waals surface area contributed by atoms with Gasteiger partial charge in [-0.2, -0.15) is 0 Å². The van der Waals surface area contributed by atoms with Gasteiger partial charge in [0, 0.05) is 0 Å². The number of hydrogen-bond donors (Lipinski definition) is 1. The van der Waals surface area contributed by atoms with Crippen molar-refractivity contribution in [2.45, 2.75) is 33.0 Å². The Bertz CT molecular complexity index is 669. The second-order valence-corrected chi connectivity index (χ2v) is 6.72. The zero-order chi connectivity index (χ0) is 16.9. The largest absolute Gasteiger partial charge is 0.485 e. The highest BCUT2D eigenvalue weighted by molar-refractivity contribution is 9.10. The van der Waals surface area contributed by atoms with Gasteiger partial charge in [-0.3, -0.25) is 5.32 Å². The van der Waals surface area contributed by atoms with Crippen LogP contribution in [0.2, 0.25) is 0 Å². The number of rotatable bonds is 4. The molecule has 0 saturated carbocycles. The quantitative estimate of drug-likeness (QED) is 0.778. The summed E-state index contributed by atoms with van der Waals surface area (Å²) in [6.45, 7) is 5.80. The molecule has 1 aromatic carbocycles. The topological polar surface area (TPSA) is 60.5 Å². The lowest BCUT2D eigenvalue weighted by molar-refractivity contribution is 0.0635. The van der Waals surface area contributed by atoms with E-state index in [2.05, 4.69) is 26.2 Å². The Hall–Kier alpha value is -2.08. The smallest absolute Gasteiger partial charge is 0.412 e. The van der Waals surface area contributed by atoms with Crippen LogP contribution in [0.5, 0.6) is 5.75 Å². The van der Waals surface area contributed by atoms with E-state index in [4.69, 9.17) is 9.47 Å². The van der Waals surface area contributed by atoms with Crippen LogP contribution in [0.25, 0.3) is 0 Å². The molecule has 0 atom stereocenters. The van der Waals surface area contributed by atoms with Gasteiger partial charge in [0.2, 0.25) is 0 Å². The Labute approximate surface area is 144 Å². The Kier molecular flexibility index (Phi) is 5.60. The Morgan fingerprint density at radius 3 is 2.61 bits per heavy atom.